The largest absolute Gasteiger partial charge is 0.306 e. The van der Waals surface area contributed by atoms with Crippen LogP contribution in [0.4, 0.5) is 0 Å². The number of benzene rings is 1. The molecule has 2 aromatic heterocycles. The first-order valence-corrected chi connectivity index (χ1v) is 8.30. The van der Waals surface area contributed by atoms with Crippen LogP contribution in [0.2, 0.25) is 0 Å². The summed E-state index contributed by atoms with van der Waals surface area (Å²) < 4.78 is 1.37. The van der Waals surface area contributed by atoms with Crippen molar-refractivity contribution in [2.24, 2.45) is 0 Å². The molecule has 0 saturated carbocycles. The van der Waals surface area contributed by atoms with Crippen molar-refractivity contribution in [2.75, 3.05) is 6.54 Å². The highest BCUT2D eigenvalue weighted by molar-refractivity contribution is 7.17. The molecule has 1 aromatic carbocycles. The second-order valence-electron chi connectivity index (χ2n) is 4.67. The SMILES string of the molecule is CCNC(c1csc(C)c1)c1csc2ccccc12. The van der Waals surface area contributed by atoms with Crippen LogP contribution in [0.5, 0.6) is 0 Å². The molecule has 1 N–H and O–H groups in total. The molecule has 19 heavy (non-hydrogen) atoms. The summed E-state index contributed by atoms with van der Waals surface area (Å²) in [5, 5.41) is 9.57. The summed E-state index contributed by atoms with van der Waals surface area (Å²) in [6.45, 7) is 5.31. The van der Waals surface area contributed by atoms with Gasteiger partial charge in [0.2, 0.25) is 0 Å². The molecule has 0 aliphatic heterocycles. The molecule has 98 valence electrons. The minimum Gasteiger partial charge on any atom is -0.306 e. The van der Waals surface area contributed by atoms with E-state index in [0.29, 0.717) is 6.04 Å². The summed E-state index contributed by atoms with van der Waals surface area (Å²) in [5.74, 6) is 0. The molecule has 1 nitrogen and oxygen atoms in total. The van der Waals surface area contributed by atoms with Gasteiger partial charge < -0.3 is 5.32 Å². The van der Waals surface area contributed by atoms with Gasteiger partial charge in [-0.3, -0.25) is 0 Å². The maximum atomic E-state index is 3.62. The lowest BCUT2D eigenvalue weighted by Gasteiger charge is -2.16. The second kappa shape index (κ2) is 5.45. The lowest BCUT2D eigenvalue weighted by Crippen LogP contribution is -2.21. The van der Waals surface area contributed by atoms with Crippen LogP contribution >= 0.6 is 22.7 Å². The molecule has 0 radical (unpaired) electrons. The lowest BCUT2D eigenvalue weighted by molar-refractivity contribution is 0.637. The van der Waals surface area contributed by atoms with Crippen LogP contribution in [0.1, 0.15) is 29.0 Å². The Bertz CT molecular complexity index is 681. The number of fused-ring (bicyclic) bond motifs is 1. The summed E-state index contributed by atoms with van der Waals surface area (Å²) in [4.78, 5) is 1.37. The van der Waals surface area contributed by atoms with Crippen molar-refractivity contribution in [3.05, 3.63) is 57.1 Å². The standard InChI is InChI=1S/C16H17NS2/c1-3-17-16(12-8-11(2)18-9-12)14-10-19-15-7-5-4-6-13(14)15/h4-10,16-17H,3H2,1-2H3. The molecule has 0 saturated heterocycles. The minimum atomic E-state index is 0.311. The highest BCUT2D eigenvalue weighted by Gasteiger charge is 2.17. The Kier molecular flexibility index (Phi) is 3.69. The van der Waals surface area contributed by atoms with Crippen LogP contribution in [0.15, 0.2) is 41.1 Å². The Labute approximate surface area is 121 Å². The van der Waals surface area contributed by atoms with Crippen LogP contribution in [-0.2, 0) is 0 Å². The highest BCUT2D eigenvalue weighted by atomic mass is 32.1. The number of rotatable bonds is 4. The van der Waals surface area contributed by atoms with Crippen molar-refractivity contribution in [2.45, 2.75) is 19.9 Å². The lowest BCUT2D eigenvalue weighted by atomic mass is 10.0. The van der Waals surface area contributed by atoms with Gasteiger partial charge in [0.1, 0.15) is 0 Å². The molecule has 1 unspecified atom stereocenters. The average molecular weight is 287 g/mol. The summed E-state index contributed by atoms with van der Waals surface area (Å²) >= 11 is 3.66. The quantitative estimate of drug-likeness (QED) is 0.714. The third-order valence-corrected chi connectivity index (χ3v) is 5.18. The fourth-order valence-corrected chi connectivity index (χ4v) is 4.17. The van der Waals surface area contributed by atoms with Gasteiger partial charge in [-0.25, -0.2) is 0 Å². The van der Waals surface area contributed by atoms with Gasteiger partial charge in [-0.2, -0.15) is 0 Å². The monoisotopic (exact) mass is 287 g/mol. The van der Waals surface area contributed by atoms with Gasteiger partial charge in [0.05, 0.1) is 6.04 Å². The van der Waals surface area contributed by atoms with Crippen molar-refractivity contribution < 1.29 is 0 Å². The molecule has 0 bridgehead atoms. The van der Waals surface area contributed by atoms with Crippen LogP contribution < -0.4 is 5.32 Å². The van der Waals surface area contributed by atoms with E-state index in [4.69, 9.17) is 0 Å². The first kappa shape index (κ1) is 12.9. The maximum absolute atomic E-state index is 3.62. The van der Waals surface area contributed by atoms with E-state index in [0.717, 1.165) is 6.54 Å². The molecule has 0 aliphatic carbocycles. The van der Waals surface area contributed by atoms with E-state index in [1.54, 1.807) is 0 Å². The van der Waals surface area contributed by atoms with Gasteiger partial charge in [-0.05, 0) is 52.9 Å². The van der Waals surface area contributed by atoms with E-state index in [9.17, 15) is 0 Å². The Morgan fingerprint density at radius 3 is 2.74 bits per heavy atom. The smallest absolute Gasteiger partial charge is 0.0599 e. The fourth-order valence-electron chi connectivity index (χ4n) is 2.45. The Morgan fingerprint density at radius 1 is 1.16 bits per heavy atom. The summed E-state index contributed by atoms with van der Waals surface area (Å²) in [7, 11) is 0. The van der Waals surface area contributed by atoms with Gasteiger partial charge >= 0.3 is 0 Å². The van der Waals surface area contributed by atoms with Crippen molar-refractivity contribution in [1.82, 2.24) is 5.32 Å². The minimum absolute atomic E-state index is 0.311. The number of nitrogens with one attached hydrogen (secondary N) is 1. The first-order chi connectivity index (χ1) is 9.29. The van der Waals surface area contributed by atoms with Gasteiger partial charge in [-0.1, -0.05) is 25.1 Å². The van der Waals surface area contributed by atoms with Crippen LogP contribution in [0, 0.1) is 6.92 Å². The summed E-state index contributed by atoms with van der Waals surface area (Å²) in [5.41, 5.74) is 2.79. The number of aryl methyl sites for hydroxylation is 1. The third-order valence-electron chi connectivity index (χ3n) is 3.31. The van der Waals surface area contributed by atoms with Crippen LogP contribution in [0.25, 0.3) is 10.1 Å². The average Bonchev–Trinajstić information content (AvgIpc) is 3.03. The third kappa shape index (κ3) is 2.46. The first-order valence-electron chi connectivity index (χ1n) is 6.54. The Balaban J connectivity index is 2.09. The molecule has 0 amide bonds. The van der Waals surface area contributed by atoms with E-state index in [1.807, 2.05) is 22.7 Å². The summed E-state index contributed by atoms with van der Waals surface area (Å²) in [6.07, 6.45) is 0. The predicted octanol–water partition coefficient (Wildman–Crippen LogP) is 4.97. The van der Waals surface area contributed by atoms with E-state index in [1.165, 1.54) is 26.1 Å². The van der Waals surface area contributed by atoms with Crippen molar-refractivity contribution in [1.29, 1.82) is 0 Å². The summed E-state index contributed by atoms with van der Waals surface area (Å²) in [6, 6.07) is 11.3. The second-order valence-corrected chi connectivity index (χ2v) is 6.70. The molecule has 0 aliphatic rings. The van der Waals surface area contributed by atoms with Gasteiger partial charge in [-0.15, -0.1) is 22.7 Å². The van der Waals surface area contributed by atoms with E-state index in [2.05, 4.69) is 60.3 Å². The fraction of sp³-hybridized carbons (Fsp3) is 0.250. The van der Waals surface area contributed by atoms with Crippen molar-refractivity contribution in [3.63, 3.8) is 0 Å². The molecule has 0 spiro atoms. The molecular weight excluding hydrogens is 270 g/mol. The van der Waals surface area contributed by atoms with Gasteiger partial charge in [0.15, 0.2) is 0 Å². The van der Waals surface area contributed by atoms with Gasteiger partial charge in [0, 0.05) is 9.58 Å². The van der Waals surface area contributed by atoms with E-state index in [-0.39, 0.29) is 0 Å². The number of thiophene rings is 2. The van der Waals surface area contributed by atoms with E-state index < -0.39 is 0 Å². The number of hydrogen-bond donors (Lipinski definition) is 1. The van der Waals surface area contributed by atoms with E-state index >= 15 is 0 Å². The van der Waals surface area contributed by atoms with Crippen LogP contribution in [0.3, 0.4) is 0 Å². The molecule has 0 fully saturated rings. The Morgan fingerprint density at radius 2 is 2.00 bits per heavy atom. The number of hydrogen-bond acceptors (Lipinski definition) is 3. The predicted molar refractivity (Wildman–Crippen MR) is 86.4 cm³/mol. The topological polar surface area (TPSA) is 12.0 Å². The Hall–Kier alpha value is -1.16. The van der Waals surface area contributed by atoms with Crippen LogP contribution in [-0.4, -0.2) is 6.54 Å². The molecule has 2 heterocycles. The molecule has 3 rings (SSSR count). The normalized spacial score (nSPS) is 12.9. The molecule has 1 atom stereocenters. The zero-order valence-electron chi connectivity index (χ0n) is 11.1. The maximum Gasteiger partial charge on any atom is 0.0599 e. The zero-order valence-corrected chi connectivity index (χ0v) is 12.8. The van der Waals surface area contributed by atoms with Gasteiger partial charge in [0.25, 0.3) is 0 Å². The zero-order chi connectivity index (χ0) is 13.2. The molecule has 3 heteroatoms. The highest BCUT2D eigenvalue weighted by Crippen LogP contribution is 2.34. The van der Waals surface area contributed by atoms with Crippen molar-refractivity contribution in [3.8, 4) is 0 Å². The molecule has 3 aromatic rings. The van der Waals surface area contributed by atoms with Crippen molar-refractivity contribution >= 4 is 32.8 Å². The molecular formula is C16H17NS2.